The van der Waals surface area contributed by atoms with Crippen molar-refractivity contribution in [2.45, 2.75) is 6.42 Å². The molecule has 86 valence electrons. The number of hydrogen-bond acceptors (Lipinski definition) is 3. The number of nitrogens with zero attached hydrogens (tertiary/aromatic N) is 1. The van der Waals surface area contributed by atoms with Gasteiger partial charge < -0.3 is 14.9 Å². The summed E-state index contributed by atoms with van der Waals surface area (Å²) in [5.41, 5.74) is 0.601. The summed E-state index contributed by atoms with van der Waals surface area (Å²) >= 11 is 0. The van der Waals surface area contributed by atoms with E-state index in [2.05, 4.69) is 0 Å². The largest absolute Gasteiger partial charge is 0.491 e. The van der Waals surface area contributed by atoms with Crippen LogP contribution in [0.4, 0.5) is 4.39 Å². The molecule has 0 radical (unpaired) electrons. The van der Waals surface area contributed by atoms with Crippen molar-refractivity contribution in [1.29, 1.82) is 0 Å². The van der Waals surface area contributed by atoms with Gasteiger partial charge in [-0.05, 0) is 18.1 Å². The third kappa shape index (κ3) is 3.32. The van der Waals surface area contributed by atoms with Crippen LogP contribution >= 0.6 is 0 Å². The van der Waals surface area contributed by atoms with Crippen molar-refractivity contribution in [2.75, 3.05) is 13.6 Å². The summed E-state index contributed by atoms with van der Waals surface area (Å²) in [5, 5.41) is 17.8. The Morgan fingerprint density at radius 1 is 1.50 bits per heavy atom. The van der Waals surface area contributed by atoms with Crippen molar-refractivity contribution < 1.29 is 19.2 Å². The van der Waals surface area contributed by atoms with Gasteiger partial charge >= 0.3 is 7.12 Å². The highest BCUT2D eigenvalue weighted by atomic mass is 19.1. The normalized spacial score (nSPS) is 10.0. The summed E-state index contributed by atoms with van der Waals surface area (Å²) < 4.78 is 13.1. The molecule has 0 aromatic heterocycles. The van der Waals surface area contributed by atoms with Crippen LogP contribution in [0.5, 0.6) is 0 Å². The number of rotatable bonds is 5. The van der Waals surface area contributed by atoms with Gasteiger partial charge in [0.25, 0.3) is 0 Å². The summed E-state index contributed by atoms with van der Waals surface area (Å²) in [6, 6.07) is 4.13. The Morgan fingerprint density at radius 3 is 2.75 bits per heavy atom. The smallest absolute Gasteiger partial charge is 0.423 e. The second kappa shape index (κ2) is 5.62. The maximum atomic E-state index is 13.1. The zero-order valence-electron chi connectivity index (χ0n) is 8.93. The standard InChI is InChI=1S/C10H13BFNO3/c1-13(7-14)5-4-8-2-3-10(12)9(6-8)11(15)16/h2-3,6-7,15-16H,4-5H2,1H3. The van der Waals surface area contributed by atoms with E-state index in [-0.39, 0.29) is 5.46 Å². The lowest BCUT2D eigenvalue weighted by atomic mass is 9.79. The lowest BCUT2D eigenvalue weighted by molar-refractivity contribution is -0.116. The van der Waals surface area contributed by atoms with E-state index in [1.165, 1.54) is 17.0 Å². The zero-order valence-corrected chi connectivity index (χ0v) is 8.93. The fourth-order valence-corrected chi connectivity index (χ4v) is 1.30. The highest BCUT2D eigenvalue weighted by molar-refractivity contribution is 6.58. The summed E-state index contributed by atoms with van der Waals surface area (Å²) in [6.07, 6.45) is 1.24. The van der Waals surface area contributed by atoms with Crippen molar-refractivity contribution >= 4 is 19.0 Å². The van der Waals surface area contributed by atoms with Crippen molar-refractivity contribution in [1.82, 2.24) is 4.90 Å². The molecule has 4 nitrogen and oxygen atoms in total. The number of hydrogen-bond donors (Lipinski definition) is 2. The number of carbonyl (C=O) groups excluding carboxylic acids is 1. The summed E-state index contributed by atoms with van der Waals surface area (Å²) in [6.45, 7) is 0.496. The fraction of sp³-hybridized carbons (Fsp3) is 0.300. The molecule has 0 bridgehead atoms. The third-order valence-electron chi connectivity index (χ3n) is 2.27. The lowest BCUT2D eigenvalue weighted by Gasteiger charge is -2.11. The van der Waals surface area contributed by atoms with Gasteiger partial charge in [-0.15, -0.1) is 0 Å². The Morgan fingerprint density at radius 2 is 2.19 bits per heavy atom. The molecule has 0 fully saturated rings. The Hall–Kier alpha value is -1.40. The summed E-state index contributed by atoms with van der Waals surface area (Å²) in [7, 11) is -0.179. The van der Waals surface area contributed by atoms with Crippen LogP contribution in [0, 0.1) is 5.82 Å². The molecule has 0 saturated heterocycles. The molecule has 0 unspecified atom stereocenters. The average Bonchev–Trinajstić information content (AvgIpc) is 2.27. The van der Waals surface area contributed by atoms with E-state index in [9.17, 15) is 9.18 Å². The molecule has 0 aliphatic rings. The molecule has 0 aliphatic heterocycles. The second-order valence-corrected chi connectivity index (χ2v) is 3.57. The van der Waals surface area contributed by atoms with Gasteiger partial charge in [0.2, 0.25) is 6.41 Å². The molecular formula is C10H13BFNO3. The van der Waals surface area contributed by atoms with Crippen LogP contribution in [-0.4, -0.2) is 42.1 Å². The Balaban J connectivity index is 2.75. The van der Waals surface area contributed by atoms with Crippen LogP contribution in [0.1, 0.15) is 5.56 Å². The SMILES string of the molecule is CN(C=O)CCc1ccc(F)c(B(O)O)c1. The molecule has 0 aliphatic carbocycles. The first kappa shape index (κ1) is 12.7. The second-order valence-electron chi connectivity index (χ2n) is 3.57. The van der Waals surface area contributed by atoms with Gasteiger partial charge in [0.1, 0.15) is 5.82 Å². The molecule has 1 aromatic carbocycles. The molecule has 16 heavy (non-hydrogen) atoms. The van der Waals surface area contributed by atoms with Crippen LogP contribution in [0.25, 0.3) is 0 Å². The maximum Gasteiger partial charge on any atom is 0.491 e. The summed E-state index contributed by atoms with van der Waals surface area (Å²) in [4.78, 5) is 11.8. The van der Waals surface area contributed by atoms with Crippen molar-refractivity contribution in [2.24, 2.45) is 0 Å². The molecule has 0 saturated carbocycles. The topological polar surface area (TPSA) is 60.8 Å². The first-order chi connectivity index (χ1) is 7.54. The molecule has 6 heteroatoms. The number of amides is 1. The molecule has 0 atom stereocenters. The van der Waals surface area contributed by atoms with Crippen LogP contribution in [0.3, 0.4) is 0 Å². The van der Waals surface area contributed by atoms with E-state index >= 15 is 0 Å². The van der Waals surface area contributed by atoms with Gasteiger partial charge in [-0.1, -0.05) is 12.1 Å². The molecule has 2 N–H and O–H groups in total. The monoisotopic (exact) mass is 225 g/mol. The zero-order chi connectivity index (χ0) is 12.1. The number of halogens is 1. The Labute approximate surface area is 93.5 Å². The molecule has 1 rings (SSSR count). The third-order valence-corrected chi connectivity index (χ3v) is 2.27. The van der Waals surface area contributed by atoms with Crippen LogP contribution in [-0.2, 0) is 11.2 Å². The average molecular weight is 225 g/mol. The fourth-order valence-electron chi connectivity index (χ4n) is 1.30. The van der Waals surface area contributed by atoms with Crippen LogP contribution < -0.4 is 5.46 Å². The van der Waals surface area contributed by atoms with E-state index in [1.807, 2.05) is 0 Å². The highest BCUT2D eigenvalue weighted by Crippen LogP contribution is 2.03. The van der Waals surface area contributed by atoms with E-state index < -0.39 is 12.9 Å². The predicted octanol–water partition coefficient (Wildman–Crippen LogP) is -0.864. The van der Waals surface area contributed by atoms with Crippen molar-refractivity contribution in [3.8, 4) is 0 Å². The van der Waals surface area contributed by atoms with Crippen LogP contribution in [0.2, 0.25) is 0 Å². The molecule has 0 heterocycles. The van der Waals surface area contributed by atoms with E-state index in [1.54, 1.807) is 13.1 Å². The van der Waals surface area contributed by atoms with E-state index in [0.717, 1.165) is 5.56 Å². The molecular weight excluding hydrogens is 212 g/mol. The quantitative estimate of drug-likeness (QED) is 0.506. The first-order valence-electron chi connectivity index (χ1n) is 4.84. The van der Waals surface area contributed by atoms with Crippen molar-refractivity contribution in [3.63, 3.8) is 0 Å². The number of likely N-dealkylation sites (N-methyl/N-ethyl adjacent to an activating group) is 1. The van der Waals surface area contributed by atoms with Crippen molar-refractivity contribution in [3.05, 3.63) is 29.6 Å². The number of benzene rings is 1. The van der Waals surface area contributed by atoms with E-state index in [0.29, 0.717) is 19.4 Å². The Kier molecular flexibility index (Phi) is 4.45. The van der Waals surface area contributed by atoms with Gasteiger partial charge in [0.15, 0.2) is 0 Å². The van der Waals surface area contributed by atoms with E-state index in [4.69, 9.17) is 10.0 Å². The van der Waals surface area contributed by atoms with Gasteiger partial charge in [0, 0.05) is 19.1 Å². The molecule has 1 amide bonds. The van der Waals surface area contributed by atoms with Crippen LogP contribution in [0.15, 0.2) is 18.2 Å². The Bertz CT molecular complexity index is 373. The number of carbonyl (C=O) groups is 1. The molecule has 1 aromatic rings. The minimum absolute atomic E-state index is 0.147. The van der Waals surface area contributed by atoms with Gasteiger partial charge in [-0.2, -0.15) is 0 Å². The maximum absolute atomic E-state index is 13.1. The van der Waals surface area contributed by atoms with Gasteiger partial charge in [-0.3, -0.25) is 4.79 Å². The highest BCUT2D eigenvalue weighted by Gasteiger charge is 2.16. The van der Waals surface area contributed by atoms with Gasteiger partial charge in [0.05, 0.1) is 0 Å². The minimum atomic E-state index is -1.82. The first-order valence-corrected chi connectivity index (χ1v) is 4.84. The van der Waals surface area contributed by atoms with Gasteiger partial charge in [-0.25, -0.2) is 4.39 Å². The molecule has 0 spiro atoms. The minimum Gasteiger partial charge on any atom is -0.423 e. The summed E-state index contributed by atoms with van der Waals surface area (Å²) in [5.74, 6) is -0.650. The lowest BCUT2D eigenvalue weighted by Crippen LogP contribution is -2.33. The predicted molar refractivity (Wildman–Crippen MR) is 58.6 cm³/mol.